The summed E-state index contributed by atoms with van der Waals surface area (Å²) >= 11 is 0. The monoisotopic (exact) mass is 192 g/mol. The van der Waals surface area contributed by atoms with Crippen LogP contribution in [-0.4, -0.2) is 12.1 Å². The summed E-state index contributed by atoms with van der Waals surface area (Å²) in [5.41, 5.74) is 1.20. The maximum absolute atomic E-state index is 11.0. The van der Waals surface area contributed by atoms with E-state index in [2.05, 4.69) is 0 Å². The van der Waals surface area contributed by atoms with E-state index in [0.29, 0.717) is 6.42 Å². The van der Waals surface area contributed by atoms with Gasteiger partial charge in [-0.25, -0.2) is 0 Å². The lowest BCUT2D eigenvalue weighted by atomic mass is 10.1. The predicted molar refractivity (Wildman–Crippen MR) is 56.0 cm³/mol. The fraction of sp³-hybridized carbons (Fsp3) is 0.417. The van der Waals surface area contributed by atoms with Crippen LogP contribution in [0.1, 0.15) is 25.8 Å². The van der Waals surface area contributed by atoms with Crippen LogP contribution in [0.25, 0.3) is 0 Å². The van der Waals surface area contributed by atoms with Crippen LogP contribution in [0.5, 0.6) is 0 Å². The van der Waals surface area contributed by atoms with Gasteiger partial charge in [0.25, 0.3) is 0 Å². The molecule has 0 aromatic heterocycles. The van der Waals surface area contributed by atoms with Crippen molar-refractivity contribution in [1.82, 2.24) is 0 Å². The van der Waals surface area contributed by atoms with Crippen LogP contribution < -0.4 is 0 Å². The summed E-state index contributed by atoms with van der Waals surface area (Å²) in [6.45, 7) is 3.72. The molecule has 76 valence electrons. The molecular weight excluding hydrogens is 176 g/mol. The molecule has 0 fully saturated rings. The summed E-state index contributed by atoms with van der Waals surface area (Å²) in [6.07, 6.45) is 1.19. The van der Waals surface area contributed by atoms with Gasteiger partial charge >= 0.3 is 5.97 Å². The first-order valence-corrected chi connectivity index (χ1v) is 4.95. The van der Waals surface area contributed by atoms with Gasteiger partial charge in [0.1, 0.15) is 6.10 Å². The summed E-state index contributed by atoms with van der Waals surface area (Å²) in [4.78, 5) is 11.0. The van der Waals surface area contributed by atoms with Crippen LogP contribution in [-0.2, 0) is 16.0 Å². The van der Waals surface area contributed by atoms with Gasteiger partial charge in [-0.05, 0) is 12.5 Å². The standard InChI is InChI=1S/C12H16O2/c1-3-12(13)14-10(2)9-11-7-5-4-6-8-11/h4-8,10H,3,9H2,1-2H3/t10-/m0/s1. The molecule has 0 N–H and O–H groups in total. The summed E-state index contributed by atoms with van der Waals surface area (Å²) < 4.78 is 5.16. The number of benzene rings is 1. The molecule has 0 bridgehead atoms. The fourth-order valence-corrected chi connectivity index (χ4v) is 1.30. The van der Waals surface area contributed by atoms with Crippen molar-refractivity contribution in [3.63, 3.8) is 0 Å². The van der Waals surface area contributed by atoms with E-state index in [9.17, 15) is 4.79 Å². The zero-order chi connectivity index (χ0) is 10.4. The van der Waals surface area contributed by atoms with Gasteiger partial charge in [0.2, 0.25) is 0 Å². The number of carbonyl (C=O) groups excluding carboxylic acids is 1. The highest BCUT2D eigenvalue weighted by Crippen LogP contribution is 2.06. The Kier molecular flexibility index (Phi) is 4.17. The van der Waals surface area contributed by atoms with Crippen molar-refractivity contribution >= 4 is 5.97 Å². The normalized spacial score (nSPS) is 12.1. The smallest absolute Gasteiger partial charge is 0.305 e. The number of hydrogen-bond acceptors (Lipinski definition) is 2. The van der Waals surface area contributed by atoms with Gasteiger partial charge in [0.05, 0.1) is 0 Å². The van der Waals surface area contributed by atoms with Crippen molar-refractivity contribution in [2.75, 3.05) is 0 Å². The molecule has 1 rings (SSSR count). The number of rotatable bonds is 4. The number of hydrogen-bond donors (Lipinski definition) is 0. The molecule has 0 unspecified atom stereocenters. The maximum atomic E-state index is 11.0. The molecule has 14 heavy (non-hydrogen) atoms. The lowest BCUT2D eigenvalue weighted by Crippen LogP contribution is -2.16. The average molecular weight is 192 g/mol. The molecule has 2 heteroatoms. The lowest BCUT2D eigenvalue weighted by molar-refractivity contribution is -0.147. The SMILES string of the molecule is CCC(=O)O[C@@H](C)Cc1ccccc1. The van der Waals surface area contributed by atoms with E-state index in [1.807, 2.05) is 37.3 Å². The van der Waals surface area contributed by atoms with Crippen LogP contribution in [0, 0.1) is 0 Å². The molecule has 0 amide bonds. The first-order chi connectivity index (χ1) is 6.72. The third-order valence-electron chi connectivity index (χ3n) is 1.99. The lowest BCUT2D eigenvalue weighted by Gasteiger charge is -2.12. The van der Waals surface area contributed by atoms with Crippen molar-refractivity contribution in [3.05, 3.63) is 35.9 Å². The Morgan fingerprint density at radius 2 is 2.00 bits per heavy atom. The van der Waals surface area contributed by atoms with Crippen LogP contribution in [0.3, 0.4) is 0 Å². The minimum absolute atomic E-state index is 0.0372. The second-order valence-corrected chi connectivity index (χ2v) is 3.34. The Morgan fingerprint density at radius 1 is 1.36 bits per heavy atom. The average Bonchev–Trinajstić information content (AvgIpc) is 2.19. The first kappa shape index (κ1) is 10.8. The zero-order valence-electron chi connectivity index (χ0n) is 8.69. The maximum Gasteiger partial charge on any atom is 0.305 e. The van der Waals surface area contributed by atoms with E-state index in [4.69, 9.17) is 4.74 Å². The van der Waals surface area contributed by atoms with Gasteiger partial charge in [0, 0.05) is 12.8 Å². The summed E-state index contributed by atoms with van der Waals surface area (Å²) in [6, 6.07) is 10.0. The van der Waals surface area contributed by atoms with Crippen molar-refractivity contribution in [2.45, 2.75) is 32.8 Å². The van der Waals surface area contributed by atoms with Gasteiger partial charge in [0.15, 0.2) is 0 Å². The molecule has 0 saturated heterocycles. The van der Waals surface area contributed by atoms with Gasteiger partial charge in [-0.2, -0.15) is 0 Å². The van der Waals surface area contributed by atoms with E-state index >= 15 is 0 Å². The van der Waals surface area contributed by atoms with Gasteiger partial charge in [-0.15, -0.1) is 0 Å². The third-order valence-corrected chi connectivity index (χ3v) is 1.99. The molecule has 1 aromatic carbocycles. The molecule has 0 aliphatic rings. The zero-order valence-corrected chi connectivity index (χ0v) is 8.69. The van der Waals surface area contributed by atoms with Crippen molar-refractivity contribution < 1.29 is 9.53 Å². The second-order valence-electron chi connectivity index (χ2n) is 3.34. The molecule has 0 aliphatic carbocycles. The number of carbonyl (C=O) groups is 1. The third kappa shape index (κ3) is 3.60. The molecule has 0 spiro atoms. The Balaban J connectivity index is 2.41. The molecule has 0 saturated carbocycles. The van der Waals surface area contributed by atoms with Crippen LogP contribution >= 0.6 is 0 Å². The molecule has 2 nitrogen and oxygen atoms in total. The van der Waals surface area contributed by atoms with E-state index in [1.54, 1.807) is 6.92 Å². The summed E-state index contributed by atoms with van der Waals surface area (Å²) in [5.74, 6) is -0.131. The van der Waals surface area contributed by atoms with Gasteiger partial charge < -0.3 is 4.74 Å². The van der Waals surface area contributed by atoms with Crippen LogP contribution in [0.4, 0.5) is 0 Å². The molecule has 0 radical (unpaired) electrons. The first-order valence-electron chi connectivity index (χ1n) is 4.95. The van der Waals surface area contributed by atoms with Gasteiger partial charge in [-0.3, -0.25) is 4.79 Å². The molecule has 0 aliphatic heterocycles. The Hall–Kier alpha value is -1.31. The minimum Gasteiger partial charge on any atom is -0.462 e. The van der Waals surface area contributed by atoms with Crippen LogP contribution in [0.15, 0.2) is 30.3 Å². The Morgan fingerprint density at radius 3 is 2.57 bits per heavy atom. The summed E-state index contributed by atoms with van der Waals surface area (Å²) in [7, 11) is 0. The van der Waals surface area contributed by atoms with Crippen LogP contribution in [0.2, 0.25) is 0 Å². The Labute approximate surface area is 84.9 Å². The quantitative estimate of drug-likeness (QED) is 0.685. The van der Waals surface area contributed by atoms with Crippen molar-refractivity contribution in [1.29, 1.82) is 0 Å². The fourth-order valence-electron chi connectivity index (χ4n) is 1.30. The molecule has 1 atom stereocenters. The Bertz CT molecular complexity index is 280. The number of esters is 1. The molecule has 0 heterocycles. The highest BCUT2D eigenvalue weighted by molar-refractivity contribution is 5.69. The minimum atomic E-state index is -0.131. The highest BCUT2D eigenvalue weighted by atomic mass is 16.5. The largest absolute Gasteiger partial charge is 0.462 e. The highest BCUT2D eigenvalue weighted by Gasteiger charge is 2.07. The van der Waals surface area contributed by atoms with Crippen molar-refractivity contribution in [3.8, 4) is 0 Å². The van der Waals surface area contributed by atoms with Crippen molar-refractivity contribution in [2.24, 2.45) is 0 Å². The van der Waals surface area contributed by atoms with E-state index in [-0.39, 0.29) is 12.1 Å². The topological polar surface area (TPSA) is 26.3 Å². The second kappa shape index (κ2) is 5.43. The molecule has 1 aromatic rings. The van der Waals surface area contributed by atoms with E-state index in [1.165, 1.54) is 5.56 Å². The van der Waals surface area contributed by atoms with E-state index < -0.39 is 0 Å². The molecular formula is C12H16O2. The van der Waals surface area contributed by atoms with Gasteiger partial charge in [-0.1, -0.05) is 37.3 Å². The van der Waals surface area contributed by atoms with E-state index in [0.717, 1.165) is 6.42 Å². The predicted octanol–water partition coefficient (Wildman–Crippen LogP) is 2.57. The summed E-state index contributed by atoms with van der Waals surface area (Å²) in [5, 5.41) is 0. The number of ether oxygens (including phenoxy) is 1.